The number of rotatable bonds is 0. The van der Waals surface area contributed by atoms with E-state index >= 15 is 0 Å². The molecule has 0 aromatic carbocycles. The highest BCUT2D eigenvalue weighted by Crippen LogP contribution is 2.63. The van der Waals surface area contributed by atoms with Crippen molar-refractivity contribution in [2.75, 3.05) is 0 Å². The van der Waals surface area contributed by atoms with Gasteiger partial charge in [0.25, 0.3) is 0 Å². The Balaban J connectivity index is 1.90. The van der Waals surface area contributed by atoms with E-state index in [4.69, 9.17) is 0 Å². The Hall–Kier alpha value is -0.650. The number of allylic oxidation sites excluding steroid dienone is 4. The number of fused-ring (bicyclic) bond motifs is 2. The van der Waals surface area contributed by atoms with E-state index in [-0.39, 0.29) is 0 Å². The van der Waals surface area contributed by atoms with Crippen LogP contribution in [0, 0.1) is 41.9 Å². The summed E-state index contributed by atoms with van der Waals surface area (Å²) >= 11 is 0. The van der Waals surface area contributed by atoms with Crippen LogP contribution < -0.4 is 0 Å². The molecule has 0 saturated heterocycles. The van der Waals surface area contributed by atoms with Crippen LogP contribution in [0.1, 0.15) is 12.8 Å². The molecule has 0 aliphatic heterocycles. The van der Waals surface area contributed by atoms with Gasteiger partial charge in [-0.3, -0.25) is 0 Å². The molecule has 0 aromatic rings. The molecule has 2 fully saturated rings. The second-order valence-electron chi connectivity index (χ2n) is 5.16. The summed E-state index contributed by atoms with van der Waals surface area (Å²) in [5.74, 6) is 5.71. The molecule has 6 unspecified atom stereocenters. The van der Waals surface area contributed by atoms with Crippen LogP contribution in [0.2, 0.25) is 0 Å². The van der Waals surface area contributed by atoms with Crippen molar-refractivity contribution in [1.82, 2.24) is 0 Å². The molecular weight excluding hydrogens is 156 g/mol. The van der Waals surface area contributed by atoms with Gasteiger partial charge in [0, 0.05) is 23.7 Å². The summed E-state index contributed by atoms with van der Waals surface area (Å²) in [4.78, 5) is 0. The number of hydrogen-bond acceptors (Lipinski definition) is 0. The highest BCUT2D eigenvalue weighted by molar-refractivity contribution is 5.27. The van der Waals surface area contributed by atoms with Crippen molar-refractivity contribution in [2.45, 2.75) is 12.8 Å². The summed E-state index contributed by atoms with van der Waals surface area (Å²) in [7, 11) is 0. The van der Waals surface area contributed by atoms with E-state index in [2.05, 4.69) is 30.7 Å². The summed E-state index contributed by atoms with van der Waals surface area (Å²) in [6, 6.07) is 0. The molecule has 4 aliphatic rings. The van der Waals surface area contributed by atoms with Crippen LogP contribution >= 0.6 is 0 Å². The fourth-order valence-corrected chi connectivity index (χ4v) is 4.42. The topological polar surface area (TPSA) is 0 Å². The van der Waals surface area contributed by atoms with Gasteiger partial charge in [0.1, 0.15) is 11.8 Å². The van der Waals surface area contributed by atoms with E-state index in [1.807, 2.05) is 0 Å². The molecule has 0 spiro atoms. The van der Waals surface area contributed by atoms with E-state index in [1.165, 1.54) is 12.8 Å². The Labute approximate surface area is 79.7 Å². The lowest BCUT2D eigenvalue weighted by atomic mass is 9.62. The van der Waals surface area contributed by atoms with Crippen molar-refractivity contribution in [3.63, 3.8) is 0 Å². The smallest absolute Gasteiger partial charge is 0.0876 e. The second-order valence-corrected chi connectivity index (χ2v) is 5.16. The molecule has 13 heavy (non-hydrogen) atoms. The maximum Gasteiger partial charge on any atom is 0.109 e. The fourth-order valence-electron chi connectivity index (χ4n) is 4.42. The van der Waals surface area contributed by atoms with Gasteiger partial charge < -0.3 is 0 Å². The van der Waals surface area contributed by atoms with E-state index in [0.29, 0.717) is 0 Å². The molecule has 0 nitrogen and oxygen atoms in total. The van der Waals surface area contributed by atoms with Crippen LogP contribution in [-0.4, -0.2) is 0 Å². The second kappa shape index (κ2) is 2.05. The van der Waals surface area contributed by atoms with E-state index in [0.717, 1.165) is 35.5 Å². The van der Waals surface area contributed by atoms with Crippen LogP contribution in [0.15, 0.2) is 24.3 Å². The van der Waals surface area contributed by atoms with Crippen molar-refractivity contribution in [1.29, 1.82) is 0 Å². The third-order valence-corrected chi connectivity index (χ3v) is 4.85. The van der Waals surface area contributed by atoms with Crippen molar-refractivity contribution in [3.8, 4) is 0 Å². The molecule has 4 aliphatic carbocycles. The zero-order chi connectivity index (χ0) is 8.41. The Morgan fingerprint density at radius 1 is 0.846 bits per heavy atom. The minimum Gasteiger partial charge on any atom is -0.0876 e. The van der Waals surface area contributed by atoms with Gasteiger partial charge in [-0.15, -0.1) is 0 Å². The van der Waals surface area contributed by atoms with Crippen molar-refractivity contribution >= 4 is 0 Å². The molecule has 0 amide bonds. The fraction of sp³-hybridized carbons (Fsp3) is 0.615. The molecule has 66 valence electrons. The zero-order valence-electron chi connectivity index (χ0n) is 7.77. The predicted molar refractivity (Wildman–Crippen MR) is 52.8 cm³/mol. The van der Waals surface area contributed by atoms with Crippen LogP contribution in [0.3, 0.4) is 0 Å². The Morgan fingerprint density at radius 3 is 1.92 bits per heavy atom. The lowest BCUT2D eigenvalue weighted by Crippen LogP contribution is -2.36. The zero-order valence-corrected chi connectivity index (χ0v) is 7.77. The molecule has 0 heteroatoms. The van der Waals surface area contributed by atoms with E-state index in [9.17, 15) is 0 Å². The van der Waals surface area contributed by atoms with Crippen LogP contribution in [0.4, 0.5) is 0 Å². The first-order chi connectivity index (χ1) is 6.45. The average molecular weight is 171 g/mol. The Kier molecular flexibility index (Phi) is 1.07. The first-order valence-electron chi connectivity index (χ1n) is 5.63. The van der Waals surface area contributed by atoms with Crippen molar-refractivity contribution < 1.29 is 0 Å². The molecule has 4 rings (SSSR count). The van der Waals surface area contributed by atoms with Crippen molar-refractivity contribution in [2.24, 2.45) is 35.5 Å². The summed E-state index contributed by atoms with van der Waals surface area (Å²) in [5.41, 5.74) is 0. The van der Waals surface area contributed by atoms with E-state index < -0.39 is 0 Å². The van der Waals surface area contributed by atoms with Crippen LogP contribution in [0.5, 0.6) is 0 Å². The Morgan fingerprint density at radius 2 is 1.38 bits per heavy atom. The third-order valence-electron chi connectivity index (χ3n) is 4.85. The van der Waals surface area contributed by atoms with Crippen LogP contribution in [-0.2, 0) is 0 Å². The summed E-state index contributed by atoms with van der Waals surface area (Å²) in [5, 5.41) is 0. The first-order valence-corrected chi connectivity index (χ1v) is 5.63. The average Bonchev–Trinajstić information content (AvgIpc) is 2.72. The molecule has 2 bridgehead atoms. The van der Waals surface area contributed by atoms with Gasteiger partial charge in [-0.25, -0.2) is 0 Å². The molecule has 0 heterocycles. The molecular formula is C13H15+. The van der Waals surface area contributed by atoms with Gasteiger partial charge in [0.05, 0.1) is 6.42 Å². The highest BCUT2D eigenvalue weighted by atomic mass is 14.6. The minimum absolute atomic E-state index is 0.886. The summed E-state index contributed by atoms with van der Waals surface area (Å²) in [6.45, 7) is 0. The number of hydrogen-bond donors (Lipinski definition) is 0. The molecule has 2 saturated carbocycles. The maximum absolute atomic E-state index is 2.69. The normalized spacial score (nSPS) is 59.7. The minimum atomic E-state index is 0.886. The SMILES string of the molecule is C1=CC2C3C=CCC4C3[CH+]C2C4C1. The lowest BCUT2D eigenvalue weighted by molar-refractivity contribution is 0.130. The third kappa shape index (κ3) is 0.641. The van der Waals surface area contributed by atoms with E-state index in [1.54, 1.807) is 0 Å². The lowest BCUT2D eigenvalue weighted by Gasteiger charge is -2.38. The summed E-state index contributed by atoms with van der Waals surface area (Å²) in [6.07, 6.45) is 15.3. The van der Waals surface area contributed by atoms with Gasteiger partial charge >= 0.3 is 0 Å². The quantitative estimate of drug-likeness (QED) is 0.388. The van der Waals surface area contributed by atoms with Gasteiger partial charge in [-0.05, 0) is 12.8 Å². The molecule has 0 radical (unpaired) electrons. The molecule has 0 aromatic heterocycles. The highest BCUT2D eigenvalue weighted by Gasteiger charge is 2.64. The monoisotopic (exact) mass is 171 g/mol. The predicted octanol–water partition coefficient (Wildman–Crippen LogP) is 2.83. The maximum atomic E-state index is 2.69. The van der Waals surface area contributed by atoms with Crippen molar-refractivity contribution in [3.05, 3.63) is 30.7 Å². The van der Waals surface area contributed by atoms with Crippen LogP contribution in [0.25, 0.3) is 0 Å². The Bertz CT molecular complexity index is 265. The van der Waals surface area contributed by atoms with Gasteiger partial charge in [-0.1, -0.05) is 24.3 Å². The van der Waals surface area contributed by atoms with Gasteiger partial charge in [-0.2, -0.15) is 0 Å². The largest absolute Gasteiger partial charge is 0.109 e. The van der Waals surface area contributed by atoms with Gasteiger partial charge in [0.2, 0.25) is 0 Å². The summed E-state index contributed by atoms with van der Waals surface area (Å²) < 4.78 is 0. The van der Waals surface area contributed by atoms with Gasteiger partial charge in [0.15, 0.2) is 0 Å². The molecule has 0 N–H and O–H groups in total. The standard InChI is InChI=1S/C13H15/c1-3-8-10-5-2-6-11-9(4-1)12(8)7-13(10)11/h1-3,5,7-13H,4,6H2/q+1. The molecule has 6 atom stereocenters. The first kappa shape index (κ1) is 6.75.